The van der Waals surface area contributed by atoms with Gasteiger partial charge in [-0.15, -0.1) is 0 Å². The third-order valence-corrected chi connectivity index (χ3v) is 4.60. The van der Waals surface area contributed by atoms with Gasteiger partial charge in [0.2, 0.25) is 0 Å². The number of carbonyl (C=O) groups excluding carboxylic acids is 1. The number of hydrogen-bond acceptors (Lipinski definition) is 3. The van der Waals surface area contributed by atoms with Crippen molar-refractivity contribution in [3.63, 3.8) is 0 Å². The summed E-state index contributed by atoms with van der Waals surface area (Å²) < 4.78 is 2.85. The first-order valence-corrected chi connectivity index (χ1v) is 8.86. The van der Waals surface area contributed by atoms with Crippen LogP contribution in [-0.4, -0.2) is 40.7 Å². The first-order chi connectivity index (χ1) is 11.3. The second-order valence-corrected chi connectivity index (χ2v) is 7.69. The highest BCUT2D eigenvalue weighted by Gasteiger charge is 2.25. The van der Waals surface area contributed by atoms with E-state index in [0.29, 0.717) is 18.7 Å². The number of aromatic nitrogens is 2. The van der Waals surface area contributed by atoms with Crippen molar-refractivity contribution in [3.05, 3.63) is 46.2 Å². The zero-order valence-corrected chi connectivity index (χ0v) is 16.3. The maximum absolute atomic E-state index is 12.8. The smallest absolute Gasteiger partial charge is 0.257 e. The van der Waals surface area contributed by atoms with Crippen LogP contribution in [0.2, 0.25) is 0 Å². The average Bonchev–Trinajstić information content (AvgIpc) is 2.98. The Labute approximate surface area is 152 Å². The van der Waals surface area contributed by atoms with Crippen molar-refractivity contribution in [3.8, 4) is 5.69 Å². The Morgan fingerprint density at radius 2 is 1.96 bits per heavy atom. The van der Waals surface area contributed by atoms with Crippen molar-refractivity contribution in [1.29, 1.82) is 0 Å². The van der Waals surface area contributed by atoms with E-state index in [1.165, 1.54) is 0 Å². The molecule has 0 aliphatic heterocycles. The fourth-order valence-electron chi connectivity index (χ4n) is 2.68. The van der Waals surface area contributed by atoms with Gasteiger partial charge in [-0.05, 0) is 42.6 Å². The van der Waals surface area contributed by atoms with Crippen molar-refractivity contribution in [1.82, 2.24) is 14.7 Å². The van der Waals surface area contributed by atoms with Crippen LogP contribution >= 0.6 is 15.9 Å². The average molecular weight is 393 g/mol. The first-order valence-electron chi connectivity index (χ1n) is 8.07. The van der Waals surface area contributed by atoms with Crippen LogP contribution in [0.3, 0.4) is 0 Å². The Kier molecular flexibility index (Phi) is 5.83. The van der Waals surface area contributed by atoms with E-state index in [-0.39, 0.29) is 11.3 Å². The fraction of sp³-hybridized carbons (Fsp3) is 0.444. The van der Waals surface area contributed by atoms with E-state index in [0.717, 1.165) is 22.3 Å². The van der Waals surface area contributed by atoms with Crippen LogP contribution in [0, 0.1) is 5.41 Å². The molecule has 0 fully saturated rings. The van der Waals surface area contributed by atoms with Crippen LogP contribution in [0.1, 0.15) is 36.8 Å². The molecule has 6 heteroatoms. The lowest BCUT2D eigenvalue weighted by molar-refractivity contribution is 0.0739. The highest BCUT2D eigenvalue weighted by atomic mass is 79.9. The largest absolute Gasteiger partial charge is 0.341 e. The predicted molar refractivity (Wildman–Crippen MR) is 100 cm³/mol. The maximum Gasteiger partial charge on any atom is 0.257 e. The summed E-state index contributed by atoms with van der Waals surface area (Å²) in [5.41, 5.74) is 8.18. The molecule has 1 heterocycles. The molecule has 1 aromatic carbocycles. The second kappa shape index (κ2) is 7.49. The van der Waals surface area contributed by atoms with Crippen molar-refractivity contribution in [2.24, 2.45) is 11.1 Å². The molecule has 0 bridgehead atoms. The van der Waals surface area contributed by atoms with Crippen molar-refractivity contribution in [2.75, 3.05) is 20.1 Å². The molecule has 0 unspecified atom stereocenters. The number of carbonyl (C=O) groups is 1. The molecule has 0 spiro atoms. The van der Waals surface area contributed by atoms with Gasteiger partial charge in [0.1, 0.15) is 0 Å². The van der Waals surface area contributed by atoms with Crippen LogP contribution in [0.25, 0.3) is 5.69 Å². The minimum atomic E-state index is -0.113. The highest BCUT2D eigenvalue weighted by molar-refractivity contribution is 9.10. The van der Waals surface area contributed by atoms with Gasteiger partial charge in [0.15, 0.2) is 0 Å². The van der Waals surface area contributed by atoms with Gasteiger partial charge in [-0.2, -0.15) is 5.10 Å². The Hall–Kier alpha value is -1.66. The molecule has 0 aliphatic rings. The minimum absolute atomic E-state index is 0.0169. The number of amides is 1. The fourth-order valence-corrected chi connectivity index (χ4v) is 2.95. The summed E-state index contributed by atoms with van der Waals surface area (Å²) in [4.78, 5) is 14.6. The third kappa shape index (κ3) is 4.05. The summed E-state index contributed by atoms with van der Waals surface area (Å²) in [5.74, 6) is -0.0169. The van der Waals surface area contributed by atoms with Gasteiger partial charge < -0.3 is 10.6 Å². The topological polar surface area (TPSA) is 64.2 Å². The lowest BCUT2D eigenvalue weighted by Gasteiger charge is -2.29. The molecule has 0 atom stereocenters. The highest BCUT2D eigenvalue weighted by Crippen LogP contribution is 2.21. The summed E-state index contributed by atoms with van der Waals surface area (Å²) in [6.07, 6.45) is 2.39. The summed E-state index contributed by atoms with van der Waals surface area (Å²) in [5, 5.41) is 4.44. The number of nitrogens with zero attached hydrogens (tertiary/aromatic N) is 3. The molecule has 5 nitrogen and oxygen atoms in total. The first kappa shape index (κ1) is 18.7. The van der Waals surface area contributed by atoms with Crippen LogP contribution in [0.5, 0.6) is 0 Å². The number of benzene rings is 1. The molecule has 1 aromatic heterocycles. The standard InChI is InChI=1S/C18H25BrN4O/c1-5-16-15(17(24)22(4)12-18(2,3)11-20)10-21-23(16)14-8-6-13(19)7-9-14/h6-10H,5,11-12,20H2,1-4H3. The van der Waals surface area contributed by atoms with Crippen molar-refractivity contribution in [2.45, 2.75) is 27.2 Å². The van der Waals surface area contributed by atoms with E-state index >= 15 is 0 Å². The Morgan fingerprint density at radius 3 is 2.50 bits per heavy atom. The van der Waals surface area contributed by atoms with E-state index in [9.17, 15) is 4.79 Å². The SMILES string of the molecule is CCc1c(C(=O)N(C)CC(C)(C)CN)cnn1-c1ccc(Br)cc1. The normalized spacial score (nSPS) is 11.6. The number of nitrogens with two attached hydrogens (primary N) is 1. The van der Waals surface area contributed by atoms with E-state index < -0.39 is 0 Å². The molecule has 24 heavy (non-hydrogen) atoms. The predicted octanol–water partition coefficient (Wildman–Crippen LogP) is 3.25. The molecule has 2 N–H and O–H groups in total. The summed E-state index contributed by atoms with van der Waals surface area (Å²) in [6, 6.07) is 7.89. The number of rotatable bonds is 6. The maximum atomic E-state index is 12.8. The Bertz CT molecular complexity index is 706. The molecule has 0 saturated heterocycles. The Morgan fingerprint density at radius 1 is 1.33 bits per heavy atom. The van der Waals surface area contributed by atoms with Gasteiger partial charge in [-0.3, -0.25) is 4.79 Å². The van der Waals surface area contributed by atoms with Crippen LogP contribution < -0.4 is 5.73 Å². The van der Waals surface area contributed by atoms with Crippen LogP contribution in [-0.2, 0) is 6.42 Å². The minimum Gasteiger partial charge on any atom is -0.341 e. The van der Waals surface area contributed by atoms with Gasteiger partial charge >= 0.3 is 0 Å². The summed E-state index contributed by atoms with van der Waals surface area (Å²) in [7, 11) is 1.82. The van der Waals surface area contributed by atoms with Crippen LogP contribution in [0.4, 0.5) is 0 Å². The number of halogens is 1. The monoisotopic (exact) mass is 392 g/mol. The van der Waals surface area contributed by atoms with Gasteiger partial charge in [-0.25, -0.2) is 4.68 Å². The molecule has 130 valence electrons. The molecule has 1 amide bonds. The molecule has 2 rings (SSSR count). The molecule has 0 radical (unpaired) electrons. The van der Waals surface area contributed by atoms with Gasteiger partial charge in [-0.1, -0.05) is 36.7 Å². The zero-order chi connectivity index (χ0) is 17.9. The van der Waals surface area contributed by atoms with E-state index in [4.69, 9.17) is 5.73 Å². The lowest BCUT2D eigenvalue weighted by atomic mass is 9.93. The molecule has 0 saturated carbocycles. The molecular weight excluding hydrogens is 368 g/mol. The van der Waals surface area contributed by atoms with Gasteiger partial charge in [0, 0.05) is 18.1 Å². The van der Waals surface area contributed by atoms with Crippen molar-refractivity contribution < 1.29 is 4.79 Å². The lowest BCUT2D eigenvalue weighted by Crippen LogP contribution is -2.40. The Balaban J connectivity index is 2.31. The van der Waals surface area contributed by atoms with E-state index in [1.54, 1.807) is 11.1 Å². The van der Waals surface area contributed by atoms with Gasteiger partial charge in [0.05, 0.1) is 23.1 Å². The van der Waals surface area contributed by atoms with E-state index in [1.807, 2.05) is 42.9 Å². The molecular formula is C18H25BrN4O. The van der Waals surface area contributed by atoms with Crippen LogP contribution in [0.15, 0.2) is 34.9 Å². The molecule has 2 aromatic rings. The van der Waals surface area contributed by atoms with Crippen molar-refractivity contribution >= 4 is 21.8 Å². The quantitative estimate of drug-likeness (QED) is 0.820. The second-order valence-electron chi connectivity index (χ2n) is 6.78. The third-order valence-electron chi connectivity index (χ3n) is 4.07. The summed E-state index contributed by atoms with van der Waals surface area (Å²) >= 11 is 3.44. The molecule has 0 aliphatic carbocycles. The van der Waals surface area contributed by atoms with E-state index in [2.05, 4.69) is 34.9 Å². The van der Waals surface area contributed by atoms with Gasteiger partial charge in [0.25, 0.3) is 5.91 Å². The summed E-state index contributed by atoms with van der Waals surface area (Å²) in [6.45, 7) is 7.29. The number of hydrogen-bond donors (Lipinski definition) is 1. The zero-order valence-electron chi connectivity index (χ0n) is 14.7.